The van der Waals surface area contributed by atoms with Crippen LogP contribution in [0.25, 0.3) is 0 Å². The molecule has 3 aromatic rings. The SMILES string of the molecule is COc1cc(OC(C)C)c2c3c1NC(=O)CN3C(=O)N1C2=N[C@@H](c2cccc(F)c2)C1c1ccc(Cl)cc1. The predicted molar refractivity (Wildman–Crippen MR) is 142 cm³/mol. The van der Waals surface area contributed by atoms with Crippen molar-refractivity contribution in [2.24, 2.45) is 4.99 Å². The van der Waals surface area contributed by atoms with E-state index in [4.69, 9.17) is 26.1 Å². The van der Waals surface area contributed by atoms with Gasteiger partial charge in [-0.3, -0.25) is 19.6 Å². The summed E-state index contributed by atoms with van der Waals surface area (Å²) in [6, 6.07) is 13.4. The molecule has 0 bridgehead atoms. The van der Waals surface area contributed by atoms with Gasteiger partial charge in [0, 0.05) is 11.1 Å². The number of amides is 3. The number of hydrogen-bond acceptors (Lipinski definition) is 5. The van der Waals surface area contributed by atoms with Gasteiger partial charge in [-0.15, -0.1) is 0 Å². The van der Waals surface area contributed by atoms with Gasteiger partial charge in [-0.05, 0) is 49.2 Å². The third-order valence-corrected chi connectivity index (χ3v) is 7.03. The molecule has 0 spiro atoms. The van der Waals surface area contributed by atoms with Crippen LogP contribution in [0.3, 0.4) is 0 Å². The van der Waals surface area contributed by atoms with Crippen molar-refractivity contribution in [3.05, 3.63) is 82.1 Å². The number of anilines is 2. The Balaban J connectivity index is 1.63. The Morgan fingerprint density at radius 1 is 1.08 bits per heavy atom. The zero-order chi connectivity index (χ0) is 26.7. The number of aliphatic imine (C=N–C) groups is 1. The first-order valence-electron chi connectivity index (χ1n) is 12.2. The molecule has 1 N–H and O–H groups in total. The molecule has 0 radical (unpaired) electrons. The van der Waals surface area contributed by atoms with E-state index in [-0.39, 0.29) is 18.6 Å². The third kappa shape index (κ3) is 3.77. The standard InChI is InChI=1S/C28H24ClFN4O4/c1-14(2)38-19-12-20(37-3)24-26-22(19)27-32-23(16-5-4-6-18(30)11-16)25(15-7-9-17(29)10-8-15)34(27)28(36)33(26)13-21(35)31-24/h4-12,14,23,25H,13H2,1-3H3,(H,31,35)/t23-,25?/m0/s1. The predicted octanol–water partition coefficient (Wildman–Crippen LogP) is 5.71. The van der Waals surface area contributed by atoms with Crippen LogP contribution < -0.4 is 19.7 Å². The summed E-state index contributed by atoms with van der Waals surface area (Å²) in [5, 5.41) is 3.39. The molecule has 0 saturated carbocycles. The van der Waals surface area contributed by atoms with Crippen molar-refractivity contribution in [3.63, 3.8) is 0 Å². The van der Waals surface area contributed by atoms with Gasteiger partial charge >= 0.3 is 6.03 Å². The smallest absolute Gasteiger partial charge is 0.331 e. The summed E-state index contributed by atoms with van der Waals surface area (Å²) in [6.45, 7) is 3.60. The van der Waals surface area contributed by atoms with Gasteiger partial charge < -0.3 is 14.8 Å². The second-order valence-electron chi connectivity index (χ2n) is 9.58. The number of halogens is 2. The van der Waals surface area contributed by atoms with Crippen LogP contribution in [0.1, 0.15) is 42.6 Å². The highest BCUT2D eigenvalue weighted by Crippen LogP contribution is 2.54. The van der Waals surface area contributed by atoms with Crippen LogP contribution in [0.2, 0.25) is 5.02 Å². The molecule has 0 aliphatic carbocycles. The highest BCUT2D eigenvalue weighted by Gasteiger charge is 2.51. The van der Waals surface area contributed by atoms with Gasteiger partial charge in [0.25, 0.3) is 0 Å². The average molecular weight is 535 g/mol. The summed E-state index contributed by atoms with van der Waals surface area (Å²) in [5.74, 6) is 0.457. The average Bonchev–Trinajstić information content (AvgIpc) is 3.28. The Hall–Kier alpha value is -4.11. The molecule has 3 aliphatic heterocycles. The first kappa shape index (κ1) is 24.2. The van der Waals surface area contributed by atoms with E-state index in [1.54, 1.807) is 35.2 Å². The fourth-order valence-electron chi connectivity index (χ4n) is 5.30. The number of urea groups is 1. The molecule has 194 valence electrons. The Kier molecular flexibility index (Phi) is 5.75. The summed E-state index contributed by atoms with van der Waals surface area (Å²) >= 11 is 6.17. The molecule has 0 saturated heterocycles. The zero-order valence-corrected chi connectivity index (χ0v) is 21.6. The lowest BCUT2D eigenvalue weighted by Crippen LogP contribution is -2.55. The lowest BCUT2D eigenvalue weighted by Gasteiger charge is -2.42. The van der Waals surface area contributed by atoms with E-state index in [0.29, 0.717) is 44.9 Å². The van der Waals surface area contributed by atoms with Crippen molar-refractivity contribution in [1.82, 2.24) is 4.90 Å². The summed E-state index contributed by atoms with van der Waals surface area (Å²) in [5.41, 5.74) is 2.78. The molecule has 8 nitrogen and oxygen atoms in total. The highest BCUT2D eigenvalue weighted by atomic mass is 35.5. The van der Waals surface area contributed by atoms with Crippen molar-refractivity contribution in [1.29, 1.82) is 0 Å². The molecule has 0 fully saturated rings. The minimum atomic E-state index is -0.625. The van der Waals surface area contributed by atoms with E-state index in [1.807, 2.05) is 26.0 Å². The number of nitrogens with zero attached hydrogens (tertiary/aromatic N) is 3. The number of rotatable bonds is 5. The molecule has 3 aliphatic rings. The minimum Gasteiger partial charge on any atom is -0.494 e. The van der Waals surface area contributed by atoms with Gasteiger partial charge in [-0.2, -0.15) is 0 Å². The molecular formula is C28H24ClFN4O4. The molecular weight excluding hydrogens is 511 g/mol. The number of fused-ring (bicyclic) bond motifs is 2. The number of benzene rings is 3. The summed E-state index contributed by atoms with van der Waals surface area (Å²) in [6.07, 6.45) is -0.195. The van der Waals surface area contributed by atoms with E-state index < -0.39 is 23.9 Å². The quantitative estimate of drug-likeness (QED) is 0.454. The Bertz CT molecular complexity index is 1510. The van der Waals surface area contributed by atoms with E-state index in [1.165, 1.54) is 24.1 Å². The van der Waals surface area contributed by atoms with Crippen LogP contribution in [0, 0.1) is 5.82 Å². The maximum Gasteiger partial charge on any atom is 0.331 e. The molecule has 0 aromatic heterocycles. The second-order valence-corrected chi connectivity index (χ2v) is 10.0. The normalized spacial score (nSPS) is 19.7. The Labute approximate surface area is 223 Å². The van der Waals surface area contributed by atoms with Crippen LogP contribution >= 0.6 is 11.6 Å². The van der Waals surface area contributed by atoms with Crippen molar-refractivity contribution < 1.29 is 23.5 Å². The number of hydrogen-bond donors (Lipinski definition) is 1. The summed E-state index contributed by atoms with van der Waals surface area (Å²) < 4.78 is 26.1. The first-order chi connectivity index (χ1) is 18.3. The van der Waals surface area contributed by atoms with Crippen LogP contribution in [0.4, 0.5) is 20.6 Å². The fraction of sp³-hybridized carbons (Fsp3) is 0.250. The van der Waals surface area contributed by atoms with Gasteiger partial charge in [0.2, 0.25) is 5.91 Å². The van der Waals surface area contributed by atoms with Crippen molar-refractivity contribution in [3.8, 4) is 11.5 Å². The van der Waals surface area contributed by atoms with Gasteiger partial charge in [-0.1, -0.05) is 35.9 Å². The fourth-order valence-corrected chi connectivity index (χ4v) is 5.43. The molecule has 3 heterocycles. The van der Waals surface area contributed by atoms with Crippen LogP contribution in [-0.2, 0) is 4.79 Å². The molecule has 6 rings (SSSR count). The number of methoxy groups -OCH3 is 1. The molecule has 3 amide bonds. The molecule has 3 aromatic carbocycles. The van der Waals surface area contributed by atoms with Crippen molar-refractivity contribution in [2.75, 3.05) is 23.9 Å². The lowest BCUT2D eigenvalue weighted by atomic mass is 9.93. The molecule has 2 atom stereocenters. The number of carbonyl (C=O) groups excluding carboxylic acids is 2. The third-order valence-electron chi connectivity index (χ3n) is 6.78. The monoisotopic (exact) mass is 534 g/mol. The molecule has 10 heteroatoms. The number of amidine groups is 1. The zero-order valence-electron chi connectivity index (χ0n) is 20.9. The minimum absolute atomic E-state index is 0.186. The largest absolute Gasteiger partial charge is 0.494 e. The number of carbonyl (C=O) groups is 2. The van der Waals surface area contributed by atoms with E-state index in [9.17, 15) is 14.0 Å². The van der Waals surface area contributed by atoms with E-state index >= 15 is 0 Å². The van der Waals surface area contributed by atoms with Crippen LogP contribution in [0.15, 0.2) is 59.6 Å². The van der Waals surface area contributed by atoms with Crippen molar-refractivity contribution in [2.45, 2.75) is 32.0 Å². The molecule has 1 unspecified atom stereocenters. The molecule has 38 heavy (non-hydrogen) atoms. The topological polar surface area (TPSA) is 83.5 Å². The van der Waals surface area contributed by atoms with Gasteiger partial charge in [0.15, 0.2) is 0 Å². The summed E-state index contributed by atoms with van der Waals surface area (Å²) in [7, 11) is 1.49. The maximum absolute atomic E-state index is 14.4. The van der Waals surface area contributed by atoms with Crippen molar-refractivity contribution >= 4 is 40.7 Å². The first-order valence-corrected chi connectivity index (χ1v) is 12.6. The Morgan fingerprint density at radius 2 is 1.84 bits per heavy atom. The van der Waals surface area contributed by atoms with Crippen LogP contribution in [-0.4, -0.2) is 42.4 Å². The maximum atomic E-state index is 14.4. The van der Waals surface area contributed by atoms with Gasteiger partial charge in [0.1, 0.15) is 41.4 Å². The summed E-state index contributed by atoms with van der Waals surface area (Å²) in [4.78, 5) is 34.9. The van der Waals surface area contributed by atoms with Crippen LogP contribution in [0.5, 0.6) is 11.5 Å². The Morgan fingerprint density at radius 3 is 2.53 bits per heavy atom. The lowest BCUT2D eigenvalue weighted by molar-refractivity contribution is -0.115. The number of nitrogens with one attached hydrogen (secondary N) is 1. The number of ether oxygens (including phenoxy) is 2. The van der Waals surface area contributed by atoms with E-state index in [0.717, 1.165) is 5.56 Å². The second kappa shape index (κ2) is 9.02. The van der Waals surface area contributed by atoms with E-state index in [2.05, 4.69) is 5.32 Å². The van der Waals surface area contributed by atoms with Gasteiger partial charge in [-0.25, -0.2) is 9.18 Å². The highest BCUT2D eigenvalue weighted by molar-refractivity contribution is 6.30. The van der Waals surface area contributed by atoms with Gasteiger partial charge in [0.05, 0.1) is 30.5 Å².